The highest BCUT2D eigenvalue weighted by atomic mass is 16.1. The van der Waals surface area contributed by atoms with Gasteiger partial charge in [0.2, 0.25) is 5.91 Å². The number of hydrogen-bond donors (Lipinski definition) is 2. The molecule has 1 aromatic heterocycles. The average molecular weight is 294 g/mol. The normalized spacial score (nSPS) is 10.8. The van der Waals surface area contributed by atoms with E-state index in [0.717, 1.165) is 22.3 Å². The summed E-state index contributed by atoms with van der Waals surface area (Å²) >= 11 is 0. The fraction of sp³-hybridized carbons (Fsp3) is 0.176. The summed E-state index contributed by atoms with van der Waals surface area (Å²) in [5.41, 5.74) is 9.38. The summed E-state index contributed by atoms with van der Waals surface area (Å²) in [5.74, 6) is -0.0155. The second-order valence-electron chi connectivity index (χ2n) is 5.13. The van der Waals surface area contributed by atoms with E-state index in [1.54, 1.807) is 6.33 Å². The van der Waals surface area contributed by atoms with Crippen LogP contribution in [0.4, 0.5) is 5.69 Å². The number of fused-ring (bicyclic) bond motifs is 1. The number of aromatic nitrogens is 2. The van der Waals surface area contributed by atoms with Gasteiger partial charge in [0.1, 0.15) is 0 Å². The Kier molecular flexibility index (Phi) is 4.16. The van der Waals surface area contributed by atoms with Crippen LogP contribution in [0.25, 0.3) is 11.0 Å². The minimum absolute atomic E-state index is 0.0155. The quantitative estimate of drug-likeness (QED) is 0.759. The summed E-state index contributed by atoms with van der Waals surface area (Å²) in [6, 6.07) is 15.5. The number of imidazole rings is 1. The molecule has 0 aliphatic carbocycles. The molecule has 22 heavy (non-hydrogen) atoms. The number of anilines is 1. The van der Waals surface area contributed by atoms with Gasteiger partial charge in [0.05, 0.1) is 17.4 Å². The third kappa shape index (κ3) is 3.15. The maximum atomic E-state index is 12.0. The maximum absolute atomic E-state index is 12.0. The van der Waals surface area contributed by atoms with Crippen LogP contribution >= 0.6 is 0 Å². The molecule has 5 nitrogen and oxygen atoms in total. The lowest BCUT2D eigenvalue weighted by molar-refractivity contribution is -0.116. The predicted molar refractivity (Wildman–Crippen MR) is 87.3 cm³/mol. The van der Waals surface area contributed by atoms with Crippen LogP contribution in [-0.4, -0.2) is 15.5 Å². The number of hydrogen-bond acceptors (Lipinski definition) is 3. The average Bonchev–Trinajstić information content (AvgIpc) is 2.97. The van der Waals surface area contributed by atoms with E-state index in [2.05, 4.69) is 10.3 Å². The molecule has 0 atom stereocenters. The Morgan fingerprint density at radius 1 is 1.14 bits per heavy atom. The van der Waals surface area contributed by atoms with Crippen molar-refractivity contribution in [1.82, 2.24) is 9.55 Å². The van der Waals surface area contributed by atoms with E-state index in [4.69, 9.17) is 5.73 Å². The highest BCUT2D eigenvalue weighted by Crippen LogP contribution is 2.13. The van der Waals surface area contributed by atoms with Gasteiger partial charge in [-0.2, -0.15) is 0 Å². The second-order valence-corrected chi connectivity index (χ2v) is 5.13. The standard InChI is InChI=1S/C17H18N4O/c18-11-13-5-7-14(8-6-13)20-17(22)9-10-21-12-19-15-3-1-2-4-16(15)21/h1-8,12H,9-11,18H2,(H,20,22). The summed E-state index contributed by atoms with van der Waals surface area (Å²) < 4.78 is 1.99. The van der Waals surface area contributed by atoms with E-state index in [1.807, 2.05) is 53.1 Å². The van der Waals surface area contributed by atoms with E-state index in [1.165, 1.54) is 0 Å². The minimum atomic E-state index is -0.0155. The van der Waals surface area contributed by atoms with Gasteiger partial charge in [-0.3, -0.25) is 4.79 Å². The Morgan fingerprint density at radius 3 is 2.68 bits per heavy atom. The first-order chi connectivity index (χ1) is 10.8. The Balaban J connectivity index is 1.60. The Morgan fingerprint density at radius 2 is 1.91 bits per heavy atom. The lowest BCUT2D eigenvalue weighted by Crippen LogP contribution is -2.14. The molecule has 5 heteroatoms. The van der Waals surface area contributed by atoms with Crippen LogP contribution < -0.4 is 11.1 Å². The number of para-hydroxylation sites is 2. The van der Waals surface area contributed by atoms with Crippen LogP contribution in [-0.2, 0) is 17.9 Å². The van der Waals surface area contributed by atoms with Gasteiger partial charge in [0.15, 0.2) is 0 Å². The summed E-state index contributed by atoms with van der Waals surface area (Å²) in [4.78, 5) is 16.3. The summed E-state index contributed by atoms with van der Waals surface area (Å²) in [7, 11) is 0. The lowest BCUT2D eigenvalue weighted by Gasteiger charge is -2.07. The van der Waals surface area contributed by atoms with Gasteiger partial charge in [0.25, 0.3) is 0 Å². The number of amides is 1. The van der Waals surface area contributed by atoms with Crippen molar-refractivity contribution in [3.63, 3.8) is 0 Å². The molecule has 0 unspecified atom stereocenters. The lowest BCUT2D eigenvalue weighted by atomic mass is 10.2. The van der Waals surface area contributed by atoms with Crippen molar-refractivity contribution in [2.45, 2.75) is 19.5 Å². The first-order valence-electron chi connectivity index (χ1n) is 7.25. The first kappa shape index (κ1) is 14.3. The van der Waals surface area contributed by atoms with Crippen LogP contribution in [0.15, 0.2) is 54.9 Å². The zero-order valence-electron chi connectivity index (χ0n) is 12.2. The third-order valence-corrected chi connectivity index (χ3v) is 3.58. The Hall–Kier alpha value is -2.66. The van der Waals surface area contributed by atoms with Crippen molar-refractivity contribution in [3.05, 3.63) is 60.4 Å². The molecule has 1 amide bonds. The summed E-state index contributed by atoms with van der Waals surface area (Å²) in [6.45, 7) is 1.11. The molecular formula is C17H18N4O. The molecule has 3 rings (SSSR count). The zero-order valence-corrected chi connectivity index (χ0v) is 12.2. The zero-order chi connectivity index (χ0) is 15.4. The molecule has 0 saturated heterocycles. The van der Waals surface area contributed by atoms with E-state index in [0.29, 0.717) is 19.5 Å². The van der Waals surface area contributed by atoms with Crippen LogP contribution in [0.1, 0.15) is 12.0 Å². The van der Waals surface area contributed by atoms with Crippen molar-refractivity contribution in [2.75, 3.05) is 5.32 Å². The van der Waals surface area contributed by atoms with E-state index >= 15 is 0 Å². The maximum Gasteiger partial charge on any atom is 0.226 e. The first-order valence-corrected chi connectivity index (χ1v) is 7.25. The van der Waals surface area contributed by atoms with Crippen LogP contribution in [0.2, 0.25) is 0 Å². The molecular weight excluding hydrogens is 276 g/mol. The number of carbonyl (C=O) groups excluding carboxylic acids is 1. The molecule has 3 N–H and O–H groups in total. The van der Waals surface area contributed by atoms with Crippen molar-refractivity contribution in [3.8, 4) is 0 Å². The topological polar surface area (TPSA) is 72.9 Å². The summed E-state index contributed by atoms with van der Waals surface area (Å²) in [6.07, 6.45) is 2.17. The Labute approximate surface area is 128 Å². The van der Waals surface area contributed by atoms with Gasteiger partial charge in [-0.25, -0.2) is 4.98 Å². The van der Waals surface area contributed by atoms with E-state index < -0.39 is 0 Å². The molecule has 3 aromatic rings. The van der Waals surface area contributed by atoms with Gasteiger partial charge in [-0.05, 0) is 29.8 Å². The number of carbonyl (C=O) groups is 1. The molecule has 0 fully saturated rings. The van der Waals surface area contributed by atoms with Crippen LogP contribution in [0.3, 0.4) is 0 Å². The summed E-state index contributed by atoms with van der Waals surface area (Å²) in [5, 5.41) is 2.89. The second kappa shape index (κ2) is 6.41. The number of aryl methyl sites for hydroxylation is 1. The highest BCUT2D eigenvalue weighted by molar-refractivity contribution is 5.90. The monoisotopic (exact) mass is 294 g/mol. The van der Waals surface area contributed by atoms with E-state index in [9.17, 15) is 4.79 Å². The minimum Gasteiger partial charge on any atom is -0.330 e. The molecule has 0 aliphatic heterocycles. The van der Waals surface area contributed by atoms with Gasteiger partial charge < -0.3 is 15.6 Å². The fourth-order valence-electron chi connectivity index (χ4n) is 2.36. The van der Waals surface area contributed by atoms with Gasteiger partial charge in [-0.15, -0.1) is 0 Å². The number of nitrogens with one attached hydrogen (secondary N) is 1. The highest BCUT2D eigenvalue weighted by Gasteiger charge is 2.06. The van der Waals surface area contributed by atoms with Gasteiger partial charge in [-0.1, -0.05) is 24.3 Å². The SMILES string of the molecule is NCc1ccc(NC(=O)CCn2cnc3ccccc32)cc1. The molecule has 0 aliphatic rings. The van der Waals surface area contributed by atoms with Crippen LogP contribution in [0.5, 0.6) is 0 Å². The molecule has 0 radical (unpaired) electrons. The molecule has 0 bridgehead atoms. The number of nitrogens with two attached hydrogens (primary N) is 1. The molecule has 0 saturated carbocycles. The van der Waals surface area contributed by atoms with Gasteiger partial charge >= 0.3 is 0 Å². The van der Waals surface area contributed by atoms with Crippen LogP contribution in [0, 0.1) is 0 Å². The predicted octanol–water partition coefficient (Wildman–Crippen LogP) is 2.52. The smallest absolute Gasteiger partial charge is 0.226 e. The molecule has 112 valence electrons. The third-order valence-electron chi connectivity index (χ3n) is 3.58. The number of nitrogens with zero attached hydrogens (tertiary/aromatic N) is 2. The molecule has 1 heterocycles. The van der Waals surface area contributed by atoms with E-state index in [-0.39, 0.29) is 5.91 Å². The van der Waals surface area contributed by atoms with Crippen molar-refractivity contribution in [1.29, 1.82) is 0 Å². The van der Waals surface area contributed by atoms with Crippen molar-refractivity contribution in [2.24, 2.45) is 5.73 Å². The largest absolute Gasteiger partial charge is 0.330 e. The number of benzene rings is 2. The molecule has 0 spiro atoms. The van der Waals surface area contributed by atoms with Crippen molar-refractivity contribution >= 4 is 22.6 Å². The fourth-order valence-corrected chi connectivity index (χ4v) is 2.36. The number of rotatable bonds is 5. The Bertz CT molecular complexity index is 777. The van der Waals surface area contributed by atoms with Gasteiger partial charge in [0, 0.05) is 25.2 Å². The molecule has 2 aromatic carbocycles. The van der Waals surface area contributed by atoms with Crippen molar-refractivity contribution < 1.29 is 4.79 Å².